The smallest absolute Gasteiger partial charge is 0.167 e. The summed E-state index contributed by atoms with van der Waals surface area (Å²) in [4.78, 5) is 5.61. The molecule has 18 heavy (non-hydrogen) atoms. The van der Waals surface area contributed by atoms with E-state index in [1.54, 1.807) is 4.90 Å². The van der Waals surface area contributed by atoms with Crippen LogP contribution in [0, 0.1) is 5.82 Å². The highest BCUT2D eigenvalue weighted by atomic mass is 35.5. The predicted molar refractivity (Wildman–Crippen MR) is 69.3 cm³/mol. The van der Waals surface area contributed by atoms with Gasteiger partial charge in [-0.25, -0.2) is 17.8 Å². The SMILES string of the molecule is CS(=O)(=O)C1CCCN(c2ncc(Cl)cc2F)C1. The van der Waals surface area contributed by atoms with E-state index in [-0.39, 0.29) is 17.4 Å². The minimum absolute atomic E-state index is 0.174. The van der Waals surface area contributed by atoms with Gasteiger partial charge in [-0.1, -0.05) is 11.6 Å². The fraction of sp³-hybridized carbons (Fsp3) is 0.545. The van der Waals surface area contributed by atoms with Crippen molar-refractivity contribution in [2.45, 2.75) is 18.1 Å². The van der Waals surface area contributed by atoms with E-state index in [1.807, 2.05) is 0 Å². The molecule has 2 heterocycles. The van der Waals surface area contributed by atoms with Crippen LogP contribution < -0.4 is 4.90 Å². The fourth-order valence-corrected chi connectivity index (χ4v) is 3.31. The number of hydrogen-bond donors (Lipinski definition) is 0. The number of aromatic nitrogens is 1. The highest BCUT2D eigenvalue weighted by molar-refractivity contribution is 7.91. The number of hydrogen-bond acceptors (Lipinski definition) is 4. The standard InChI is InChI=1S/C11H14ClFN2O2S/c1-18(16,17)9-3-2-4-15(7-9)11-10(13)5-8(12)6-14-11/h5-6,9H,2-4,7H2,1H3. The van der Waals surface area contributed by atoms with Gasteiger partial charge in [0.25, 0.3) is 0 Å². The molecule has 100 valence electrons. The highest BCUT2D eigenvalue weighted by Crippen LogP contribution is 2.25. The van der Waals surface area contributed by atoms with Crippen LogP contribution in [0.1, 0.15) is 12.8 Å². The number of piperidine rings is 1. The Bertz CT molecular complexity index is 550. The third-order valence-corrected chi connectivity index (χ3v) is 4.87. The summed E-state index contributed by atoms with van der Waals surface area (Å²) in [7, 11) is -3.11. The lowest BCUT2D eigenvalue weighted by Crippen LogP contribution is -2.42. The van der Waals surface area contributed by atoms with Crippen LogP contribution >= 0.6 is 11.6 Å². The topological polar surface area (TPSA) is 50.3 Å². The van der Waals surface area contributed by atoms with Crippen molar-refractivity contribution in [2.24, 2.45) is 0 Å². The van der Waals surface area contributed by atoms with Crippen molar-refractivity contribution in [3.8, 4) is 0 Å². The highest BCUT2D eigenvalue weighted by Gasteiger charge is 2.29. The molecule has 0 radical (unpaired) electrons. The van der Waals surface area contributed by atoms with Gasteiger partial charge in [-0.2, -0.15) is 0 Å². The second kappa shape index (κ2) is 5.01. The lowest BCUT2D eigenvalue weighted by Gasteiger charge is -2.32. The molecule has 1 saturated heterocycles. The summed E-state index contributed by atoms with van der Waals surface area (Å²) in [5.41, 5.74) is 0. The van der Waals surface area contributed by atoms with E-state index in [2.05, 4.69) is 4.98 Å². The van der Waals surface area contributed by atoms with Gasteiger partial charge in [0.15, 0.2) is 21.5 Å². The van der Waals surface area contributed by atoms with Gasteiger partial charge in [-0.05, 0) is 18.9 Å². The van der Waals surface area contributed by atoms with E-state index in [0.29, 0.717) is 19.4 Å². The van der Waals surface area contributed by atoms with E-state index < -0.39 is 20.9 Å². The monoisotopic (exact) mass is 292 g/mol. The zero-order valence-electron chi connectivity index (χ0n) is 9.94. The van der Waals surface area contributed by atoms with Crippen molar-refractivity contribution in [1.29, 1.82) is 0 Å². The first-order valence-corrected chi connectivity index (χ1v) is 7.96. The number of sulfone groups is 1. The van der Waals surface area contributed by atoms with Crippen LogP contribution in [0.2, 0.25) is 5.02 Å². The van der Waals surface area contributed by atoms with Gasteiger partial charge in [-0.3, -0.25) is 0 Å². The number of pyridine rings is 1. The zero-order chi connectivity index (χ0) is 13.3. The molecule has 1 aromatic rings. The number of nitrogens with zero attached hydrogens (tertiary/aromatic N) is 2. The van der Waals surface area contributed by atoms with Gasteiger partial charge >= 0.3 is 0 Å². The minimum Gasteiger partial charge on any atom is -0.353 e. The lowest BCUT2D eigenvalue weighted by atomic mass is 10.1. The van der Waals surface area contributed by atoms with Crippen LogP contribution in [0.25, 0.3) is 0 Å². The first kappa shape index (κ1) is 13.5. The van der Waals surface area contributed by atoms with Crippen molar-refractivity contribution in [2.75, 3.05) is 24.2 Å². The maximum Gasteiger partial charge on any atom is 0.167 e. The second-order valence-electron chi connectivity index (χ2n) is 4.50. The molecule has 1 fully saturated rings. The molecule has 1 atom stereocenters. The van der Waals surface area contributed by atoms with Crippen molar-refractivity contribution in [3.05, 3.63) is 23.1 Å². The van der Waals surface area contributed by atoms with E-state index in [1.165, 1.54) is 18.5 Å². The van der Waals surface area contributed by atoms with Gasteiger partial charge in [0.1, 0.15) is 0 Å². The van der Waals surface area contributed by atoms with Crippen LogP contribution in [-0.2, 0) is 9.84 Å². The molecule has 0 saturated carbocycles. The Hall–Kier alpha value is -0.880. The van der Waals surface area contributed by atoms with Gasteiger partial charge < -0.3 is 4.90 Å². The van der Waals surface area contributed by atoms with Gasteiger partial charge in [-0.15, -0.1) is 0 Å². The maximum absolute atomic E-state index is 13.7. The van der Waals surface area contributed by atoms with E-state index in [0.717, 1.165) is 0 Å². The van der Waals surface area contributed by atoms with Crippen LogP contribution in [0.4, 0.5) is 10.2 Å². The first-order chi connectivity index (χ1) is 8.38. The van der Waals surface area contributed by atoms with Gasteiger partial charge in [0.2, 0.25) is 0 Å². The molecule has 1 aromatic heterocycles. The molecule has 1 aliphatic rings. The van der Waals surface area contributed by atoms with Crippen molar-refractivity contribution < 1.29 is 12.8 Å². The normalized spacial score (nSPS) is 21.1. The summed E-state index contributed by atoms with van der Waals surface area (Å²) in [5.74, 6) is -0.343. The van der Waals surface area contributed by atoms with Gasteiger partial charge in [0.05, 0.1) is 10.3 Å². The number of anilines is 1. The first-order valence-electron chi connectivity index (χ1n) is 5.63. The van der Waals surface area contributed by atoms with Crippen LogP contribution in [0.15, 0.2) is 12.3 Å². The Kier molecular flexibility index (Phi) is 3.77. The minimum atomic E-state index is -3.11. The van der Waals surface area contributed by atoms with Crippen LogP contribution in [0.5, 0.6) is 0 Å². The Morgan fingerprint density at radius 2 is 2.28 bits per heavy atom. The molecule has 0 bridgehead atoms. The largest absolute Gasteiger partial charge is 0.353 e. The molecule has 0 aliphatic carbocycles. The quantitative estimate of drug-likeness (QED) is 0.835. The molecule has 4 nitrogen and oxygen atoms in total. The molecule has 0 N–H and O–H groups in total. The molecular weight excluding hydrogens is 279 g/mol. The van der Waals surface area contributed by atoms with Gasteiger partial charge in [0, 0.05) is 25.5 Å². The summed E-state index contributed by atoms with van der Waals surface area (Å²) in [6.07, 6.45) is 3.91. The average Bonchev–Trinajstić information content (AvgIpc) is 2.28. The van der Waals surface area contributed by atoms with E-state index in [9.17, 15) is 12.8 Å². The molecule has 1 unspecified atom stereocenters. The zero-order valence-corrected chi connectivity index (χ0v) is 11.5. The van der Waals surface area contributed by atoms with Crippen molar-refractivity contribution >= 4 is 27.3 Å². The molecular formula is C11H14ClFN2O2S. The molecule has 1 aliphatic heterocycles. The summed E-state index contributed by atoms with van der Waals surface area (Å²) in [6, 6.07) is 1.19. The summed E-state index contributed by atoms with van der Waals surface area (Å²) < 4.78 is 36.8. The third kappa shape index (κ3) is 2.92. The van der Waals surface area contributed by atoms with E-state index >= 15 is 0 Å². The van der Waals surface area contributed by atoms with E-state index in [4.69, 9.17) is 11.6 Å². The average molecular weight is 293 g/mol. The molecule has 7 heteroatoms. The van der Waals surface area contributed by atoms with Crippen molar-refractivity contribution in [3.63, 3.8) is 0 Å². The Morgan fingerprint density at radius 1 is 1.56 bits per heavy atom. The Labute approximate surface area is 111 Å². The molecule has 0 spiro atoms. The van der Waals surface area contributed by atoms with Crippen LogP contribution in [0.3, 0.4) is 0 Å². The third-order valence-electron chi connectivity index (χ3n) is 3.07. The summed E-state index contributed by atoms with van der Waals surface area (Å²) in [6.45, 7) is 0.891. The maximum atomic E-state index is 13.7. The van der Waals surface area contributed by atoms with Crippen LogP contribution in [-0.4, -0.2) is 38.0 Å². The molecule has 0 amide bonds. The number of rotatable bonds is 2. The lowest BCUT2D eigenvalue weighted by molar-refractivity contribution is 0.524. The number of halogens is 2. The molecule has 0 aromatic carbocycles. The molecule has 2 rings (SSSR count). The Balaban J connectivity index is 2.23. The summed E-state index contributed by atoms with van der Waals surface area (Å²) in [5, 5.41) is -0.226. The second-order valence-corrected chi connectivity index (χ2v) is 7.26. The predicted octanol–water partition coefficient (Wildman–Crippen LogP) is 1.89. The van der Waals surface area contributed by atoms with Crippen molar-refractivity contribution in [1.82, 2.24) is 4.98 Å². The Morgan fingerprint density at radius 3 is 2.89 bits per heavy atom. The fourth-order valence-electron chi connectivity index (χ4n) is 2.12. The summed E-state index contributed by atoms with van der Waals surface area (Å²) >= 11 is 5.64.